The van der Waals surface area contributed by atoms with Crippen LogP contribution in [0.2, 0.25) is 0 Å². The number of hydrogen-bond acceptors (Lipinski definition) is 5. The van der Waals surface area contributed by atoms with Crippen LogP contribution in [0.1, 0.15) is 24.5 Å². The molecule has 0 saturated heterocycles. The molecule has 0 unspecified atom stereocenters. The van der Waals surface area contributed by atoms with Crippen molar-refractivity contribution in [3.63, 3.8) is 0 Å². The highest BCUT2D eigenvalue weighted by Crippen LogP contribution is 2.37. The second-order valence-corrected chi connectivity index (χ2v) is 9.48. The average Bonchev–Trinajstić information content (AvgIpc) is 2.99. The Kier molecular flexibility index (Phi) is 8.45. The number of para-hydroxylation sites is 1. The van der Waals surface area contributed by atoms with E-state index >= 15 is 0 Å². The number of carbonyl (C=O) groups excluding carboxylic acids is 1. The van der Waals surface area contributed by atoms with Gasteiger partial charge in [0.25, 0.3) is 0 Å². The quantitative estimate of drug-likeness (QED) is 0.154. The van der Waals surface area contributed by atoms with Gasteiger partial charge in [0.05, 0.1) is 5.69 Å². The monoisotopic (exact) mass is 547 g/mol. The van der Waals surface area contributed by atoms with Crippen LogP contribution in [0.15, 0.2) is 121 Å². The predicted molar refractivity (Wildman–Crippen MR) is 159 cm³/mol. The van der Waals surface area contributed by atoms with Crippen LogP contribution in [0.3, 0.4) is 0 Å². The summed E-state index contributed by atoms with van der Waals surface area (Å²) in [6.45, 7) is 0. The average molecular weight is 548 g/mol. The predicted octanol–water partition coefficient (Wildman–Crippen LogP) is 7.86. The molecule has 0 aromatic heterocycles. The zero-order chi connectivity index (χ0) is 28.6. The molecular weight excluding hydrogens is 518 g/mol. The van der Waals surface area contributed by atoms with Crippen LogP contribution in [-0.2, 0) is 9.53 Å². The van der Waals surface area contributed by atoms with Gasteiger partial charge in [-0.1, -0.05) is 91.0 Å². The Hall–Kier alpha value is -5.30. The molecule has 1 amide bonds. The summed E-state index contributed by atoms with van der Waals surface area (Å²) in [4.78, 5) is 24.6. The summed E-state index contributed by atoms with van der Waals surface area (Å²) in [6.07, 6.45) is 1.07. The van der Waals surface area contributed by atoms with Gasteiger partial charge in [0.15, 0.2) is 6.10 Å². The van der Waals surface area contributed by atoms with Gasteiger partial charge in [-0.25, -0.2) is 9.59 Å². The lowest BCUT2D eigenvalue weighted by molar-refractivity contribution is -0.131. The maximum absolute atomic E-state index is 13.5. The van der Waals surface area contributed by atoms with Gasteiger partial charge in [-0.3, -0.25) is 5.32 Å². The number of carbonyl (C=O) groups is 2. The molecule has 2 atom stereocenters. The first-order valence-corrected chi connectivity index (χ1v) is 13.3. The molecule has 3 N–H and O–H groups in total. The Bertz CT molecular complexity index is 1690. The number of allylic oxidation sites excluding steroid dienone is 1. The molecule has 0 fully saturated rings. The zero-order valence-corrected chi connectivity index (χ0v) is 22.1. The summed E-state index contributed by atoms with van der Waals surface area (Å²) in [6, 6.07) is 33.1. The third-order valence-corrected chi connectivity index (χ3v) is 6.75. The molecule has 5 rings (SSSR count). The molecule has 0 spiro atoms. The number of carboxylic acids is 1. The van der Waals surface area contributed by atoms with Gasteiger partial charge in [-0.2, -0.15) is 0 Å². The lowest BCUT2D eigenvalue weighted by atomic mass is 9.94. The Morgan fingerprint density at radius 1 is 0.780 bits per heavy atom. The van der Waals surface area contributed by atoms with Crippen LogP contribution in [-0.4, -0.2) is 28.4 Å². The van der Waals surface area contributed by atoms with Crippen molar-refractivity contribution >= 4 is 39.3 Å². The second kappa shape index (κ2) is 12.7. The van der Waals surface area contributed by atoms with E-state index in [1.165, 1.54) is 0 Å². The molecule has 0 aliphatic carbocycles. The fourth-order valence-electron chi connectivity index (χ4n) is 4.87. The number of benzene rings is 5. The SMILES string of the molecule is O=C(O)/C=C/CC[C@@H](Oc1ccccc1)[C@H](OC(=O)Nc1cccc2ccccc12)c1ccc(O)c2ccccc12. The van der Waals surface area contributed by atoms with Crippen LogP contribution >= 0.6 is 0 Å². The Balaban J connectivity index is 1.53. The largest absolute Gasteiger partial charge is 0.507 e. The molecule has 0 saturated carbocycles. The van der Waals surface area contributed by atoms with Crippen LogP contribution < -0.4 is 10.1 Å². The summed E-state index contributed by atoms with van der Waals surface area (Å²) in [5.74, 6) is -0.364. The topological polar surface area (TPSA) is 105 Å². The van der Waals surface area contributed by atoms with Crippen LogP contribution in [0.4, 0.5) is 10.5 Å². The molecule has 5 aromatic rings. The van der Waals surface area contributed by atoms with E-state index in [1.807, 2.05) is 91.0 Å². The first-order valence-electron chi connectivity index (χ1n) is 13.3. The van der Waals surface area contributed by atoms with Crippen molar-refractivity contribution in [1.29, 1.82) is 0 Å². The minimum Gasteiger partial charge on any atom is -0.507 e. The van der Waals surface area contributed by atoms with Gasteiger partial charge in [0, 0.05) is 22.4 Å². The summed E-state index contributed by atoms with van der Waals surface area (Å²) < 4.78 is 12.5. The van der Waals surface area contributed by atoms with E-state index in [0.717, 1.165) is 16.8 Å². The number of phenolic OH excluding ortho intramolecular Hbond substituents is 1. The van der Waals surface area contributed by atoms with E-state index in [0.29, 0.717) is 40.6 Å². The molecule has 0 bridgehead atoms. The van der Waals surface area contributed by atoms with Gasteiger partial charge in [-0.15, -0.1) is 0 Å². The van der Waals surface area contributed by atoms with Crippen molar-refractivity contribution in [3.05, 3.63) is 127 Å². The number of rotatable bonds is 10. The van der Waals surface area contributed by atoms with Crippen molar-refractivity contribution < 1.29 is 29.3 Å². The molecule has 5 aromatic carbocycles. The summed E-state index contributed by atoms with van der Waals surface area (Å²) >= 11 is 0. The maximum Gasteiger partial charge on any atom is 0.412 e. The van der Waals surface area contributed by atoms with E-state index in [9.17, 15) is 14.7 Å². The summed E-state index contributed by atoms with van der Waals surface area (Å²) in [7, 11) is 0. The number of ether oxygens (including phenoxy) is 2. The number of phenols is 1. The number of hydrogen-bond donors (Lipinski definition) is 3. The fraction of sp³-hybridized carbons (Fsp3) is 0.118. The highest BCUT2D eigenvalue weighted by Gasteiger charge is 2.31. The van der Waals surface area contributed by atoms with Crippen molar-refractivity contribution in [2.24, 2.45) is 0 Å². The van der Waals surface area contributed by atoms with Gasteiger partial charge in [0.2, 0.25) is 0 Å². The van der Waals surface area contributed by atoms with Crippen LogP contribution in [0.25, 0.3) is 21.5 Å². The molecule has 7 nitrogen and oxygen atoms in total. The third kappa shape index (κ3) is 6.65. The fourth-order valence-corrected chi connectivity index (χ4v) is 4.87. The number of fused-ring (bicyclic) bond motifs is 2. The molecule has 0 aliphatic rings. The first-order chi connectivity index (χ1) is 20.0. The molecule has 41 heavy (non-hydrogen) atoms. The molecule has 7 heteroatoms. The minimum absolute atomic E-state index is 0.105. The number of nitrogens with one attached hydrogen (secondary N) is 1. The zero-order valence-electron chi connectivity index (χ0n) is 22.1. The third-order valence-electron chi connectivity index (χ3n) is 6.75. The van der Waals surface area contributed by atoms with Crippen LogP contribution in [0, 0.1) is 0 Å². The number of aromatic hydroxyl groups is 1. The molecular formula is C34H29NO6. The van der Waals surface area contributed by atoms with Crippen LogP contribution in [0.5, 0.6) is 11.5 Å². The number of anilines is 1. The van der Waals surface area contributed by atoms with E-state index < -0.39 is 24.3 Å². The van der Waals surface area contributed by atoms with Crippen molar-refractivity contribution in [1.82, 2.24) is 0 Å². The van der Waals surface area contributed by atoms with E-state index in [2.05, 4.69) is 5.32 Å². The number of carboxylic acid groups (broad SMARTS) is 1. The Morgan fingerprint density at radius 2 is 1.46 bits per heavy atom. The van der Waals surface area contributed by atoms with Crippen molar-refractivity contribution in [2.45, 2.75) is 25.0 Å². The highest BCUT2D eigenvalue weighted by atomic mass is 16.6. The summed E-state index contributed by atoms with van der Waals surface area (Å²) in [5.41, 5.74) is 1.25. The Labute approximate surface area is 237 Å². The van der Waals surface area contributed by atoms with Crippen molar-refractivity contribution in [2.75, 3.05) is 5.32 Å². The molecule has 0 radical (unpaired) electrons. The minimum atomic E-state index is -1.04. The Morgan fingerprint density at radius 3 is 2.24 bits per heavy atom. The second-order valence-electron chi connectivity index (χ2n) is 9.48. The van der Waals surface area contributed by atoms with E-state index in [1.54, 1.807) is 24.3 Å². The normalized spacial score (nSPS) is 12.7. The maximum atomic E-state index is 13.5. The standard InChI is InChI=1S/C34H29NO6/c36-30-22-21-28(26-16-6-7-17-27(26)30)33(31(19-8-9-20-32(37)38)40-24-13-2-1-3-14-24)41-34(39)35-29-18-10-12-23-11-4-5-15-25(23)29/h1-7,9-18,20-22,31,33,36H,8,19H2,(H,35,39)(H,37,38)/b20-9+/t31-,33-/m1/s1. The number of amides is 1. The smallest absolute Gasteiger partial charge is 0.412 e. The lowest BCUT2D eigenvalue weighted by Gasteiger charge is -2.29. The molecule has 206 valence electrons. The lowest BCUT2D eigenvalue weighted by Crippen LogP contribution is -2.31. The van der Waals surface area contributed by atoms with E-state index in [-0.39, 0.29) is 5.75 Å². The van der Waals surface area contributed by atoms with Gasteiger partial charge in [-0.05, 0) is 47.9 Å². The van der Waals surface area contributed by atoms with Gasteiger partial charge < -0.3 is 19.7 Å². The van der Waals surface area contributed by atoms with Gasteiger partial charge >= 0.3 is 12.1 Å². The number of aliphatic carboxylic acids is 1. The molecule has 0 aliphatic heterocycles. The highest BCUT2D eigenvalue weighted by molar-refractivity contribution is 6.00. The van der Waals surface area contributed by atoms with E-state index in [4.69, 9.17) is 14.6 Å². The van der Waals surface area contributed by atoms with Gasteiger partial charge in [0.1, 0.15) is 17.6 Å². The molecule has 0 heterocycles. The van der Waals surface area contributed by atoms with Crippen molar-refractivity contribution in [3.8, 4) is 11.5 Å². The summed E-state index contributed by atoms with van der Waals surface area (Å²) in [5, 5.41) is 25.6. The first kappa shape index (κ1) is 27.3.